The lowest BCUT2D eigenvalue weighted by Crippen LogP contribution is -2.15. The summed E-state index contributed by atoms with van der Waals surface area (Å²) in [5.74, 6) is 0. The van der Waals surface area contributed by atoms with Crippen molar-refractivity contribution < 1.29 is 0 Å². The second-order valence-corrected chi connectivity index (χ2v) is 9.80. The summed E-state index contributed by atoms with van der Waals surface area (Å²) < 4.78 is 0. The zero-order chi connectivity index (χ0) is 14.6. The summed E-state index contributed by atoms with van der Waals surface area (Å²) in [6.07, 6.45) is 5.11. The quantitative estimate of drug-likeness (QED) is 0.577. The van der Waals surface area contributed by atoms with Crippen molar-refractivity contribution in [3.05, 3.63) is 40.2 Å². The minimum Gasteiger partial charge on any atom is -0.241 e. The second-order valence-electron chi connectivity index (χ2n) is 6.44. The number of aryl methyl sites for hydroxylation is 1. The molecular weight excluding hydrogens is 278 g/mol. The van der Waals surface area contributed by atoms with Crippen LogP contribution in [-0.2, 0) is 11.5 Å². The van der Waals surface area contributed by atoms with Crippen LogP contribution in [0.25, 0.3) is 11.3 Å². The van der Waals surface area contributed by atoms with Crippen molar-refractivity contribution in [3.63, 3.8) is 0 Å². The van der Waals surface area contributed by atoms with E-state index in [0.717, 1.165) is 15.9 Å². The number of aromatic nitrogens is 1. The standard InChI is InChI=1S/C17H25NSSi/c1-4-5-6-7-13-8-10-14(11-9-13)15-12-19-16(18-15)17(2,3)20/h8-12H,4-7H2,1-3,20H3. The molecule has 0 amide bonds. The van der Waals surface area contributed by atoms with Crippen LogP contribution in [0.15, 0.2) is 29.6 Å². The lowest BCUT2D eigenvalue weighted by Gasteiger charge is -2.13. The van der Waals surface area contributed by atoms with Gasteiger partial charge in [-0.2, -0.15) is 0 Å². The molecule has 0 saturated heterocycles. The van der Waals surface area contributed by atoms with E-state index in [1.807, 2.05) is 0 Å². The molecule has 108 valence electrons. The SMILES string of the molecule is CCCCCc1ccc(-c2csc(C(C)(C)[SiH3])n2)cc1. The lowest BCUT2D eigenvalue weighted by molar-refractivity contribution is 0.717. The lowest BCUT2D eigenvalue weighted by atomic mass is 10.0. The maximum atomic E-state index is 4.81. The summed E-state index contributed by atoms with van der Waals surface area (Å²) in [7, 11) is 1.14. The largest absolute Gasteiger partial charge is 0.241 e. The van der Waals surface area contributed by atoms with Crippen LogP contribution in [0.4, 0.5) is 0 Å². The van der Waals surface area contributed by atoms with Gasteiger partial charge in [-0.25, -0.2) is 4.98 Å². The molecule has 20 heavy (non-hydrogen) atoms. The maximum absolute atomic E-state index is 4.81. The van der Waals surface area contributed by atoms with E-state index in [2.05, 4.69) is 50.4 Å². The monoisotopic (exact) mass is 303 g/mol. The molecule has 3 heteroatoms. The van der Waals surface area contributed by atoms with Gasteiger partial charge >= 0.3 is 0 Å². The molecule has 1 aromatic carbocycles. The van der Waals surface area contributed by atoms with E-state index in [1.165, 1.54) is 41.8 Å². The van der Waals surface area contributed by atoms with E-state index in [1.54, 1.807) is 11.3 Å². The molecule has 0 N–H and O–H groups in total. The van der Waals surface area contributed by atoms with Crippen molar-refractivity contribution in [1.29, 1.82) is 0 Å². The van der Waals surface area contributed by atoms with Crippen LogP contribution in [0.3, 0.4) is 0 Å². The van der Waals surface area contributed by atoms with E-state index < -0.39 is 0 Å². The third-order valence-corrected chi connectivity index (χ3v) is 5.57. The van der Waals surface area contributed by atoms with Gasteiger partial charge in [0.25, 0.3) is 0 Å². The van der Waals surface area contributed by atoms with Crippen LogP contribution >= 0.6 is 11.3 Å². The molecule has 0 atom stereocenters. The van der Waals surface area contributed by atoms with Crippen LogP contribution in [0, 0.1) is 0 Å². The number of hydrogen-bond donors (Lipinski definition) is 0. The van der Waals surface area contributed by atoms with Crippen LogP contribution in [0.2, 0.25) is 0 Å². The van der Waals surface area contributed by atoms with Gasteiger partial charge in [-0.05, 0) is 18.4 Å². The summed E-state index contributed by atoms with van der Waals surface area (Å²) in [6, 6.07) is 8.96. The molecule has 0 bridgehead atoms. The smallest absolute Gasteiger partial charge is 0.0951 e. The first-order valence-electron chi connectivity index (χ1n) is 7.56. The van der Waals surface area contributed by atoms with Gasteiger partial charge in [-0.15, -0.1) is 11.3 Å². The number of thiazole rings is 1. The molecule has 0 aliphatic heterocycles. The van der Waals surface area contributed by atoms with Crippen molar-refractivity contribution in [2.45, 2.75) is 51.5 Å². The Kier molecular flexibility index (Phi) is 5.16. The fourth-order valence-electron chi connectivity index (χ4n) is 2.17. The molecule has 0 spiro atoms. The fraction of sp³-hybridized carbons (Fsp3) is 0.471. The van der Waals surface area contributed by atoms with E-state index in [9.17, 15) is 0 Å². The van der Waals surface area contributed by atoms with Crippen LogP contribution < -0.4 is 0 Å². The first-order valence-corrected chi connectivity index (χ1v) is 9.44. The average Bonchev–Trinajstić information content (AvgIpc) is 2.89. The molecule has 1 nitrogen and oxygen atoms in total. The zero-order valence-corrected chi connectivity index (χ0v) is 15.9. The average molecular weight is 304 g/mol. The number of rotatable bonds is 6. The maximum Gasteiger partial charge on any atom is 0.0951 e. The third-order valence-electron chi connectivity index (χ3n) is 3.46. The Labute approximate surface area is 129 Å². The molecule has 0 radical (unpaired) electrons. The number of benzene rings is 1. The Hall–Kier alpha value is -0.933. The highest BCUT2D eigenvalue weighted by atomic mass is 32.1. The van der Waals surface area contributed by atoms with Crippen molar-refractivity contribution >= 4 is 21.6 Å². The van der Waals surface area contributed by atoms with E-state index >= 15 is 0 Å². The normalized spacial score (nSPS) is 11.9. The van der Waals surface area contributed by atoms with Crippen molar-refractivity contribution in [3.8, 4) is 11.3 Å². The minimum absolute atomic E-state index is 0.281. The Morgan fingerprint density at radius 3 is 2.40 bits per heavy atom. The number of hydrogen-bond acceptors (Lipinski definition) is 2. The van der Waals surface area contributed by atoms with Gasteiger partial charge in [0.1, 0.15) is 0 Å². The highest BCUT2D eigenvalue weighted by molar-refractivity contribution is 7.10. The molecule has 1 aromatic heterocycles. The van der Waals surface area contributed by atoms with Crippen LogP contribution in [-0.4, -0.2) is 15.2 Å². The van der Waals surface area contributed by atoms with Gasteiger partial charge in [0.2, 0.25) is 0 Å². The summed E-state index contributed by atoms with van der Waals surface area (Å²) in [5, 5.41) is 3.75. The Morgan fingerprint density at radius 2 is 1.85 bits per heavy atom. The molecular formula is C17H25NSSi. The van der Waals surface area contributed by atoms with Crippen molar-refractivity contribution in [2.75, 3.05) is 0 Å². The highest BCUT2D eigenvalue weighted by Gasteiger charge is 2.18. The van der Waals surface area contributed by atoms with Crippen molar-refractivity contribution in [1.82, 2.24) is 4.98 Å². The Balaban J connectivity index is 2.08. The Bertz CT molecular complexity index is 537. The zero-order valence-electron chi connectivity index (χ0n) is 13.1. The first-order chi connectivity index (χ1) is 9.50. The van der Waals surface area contributed by atoms with Gasteiger partial charge in [-0.3, -0.25) is 0 Å². The predicted molar refractivity (Wildman–Crippen MR) is 93.7 cm³/mol. The second kappa shape index (κ2) is 6.68. The van der Waals surface area contributed by atoms with Gasteiger partial charge in [-0.1, -0.05) is 57.9 Å². The summed E-state index contributed by atoms with van der Waals surface area (Å²) in [6.45, 7) is 6.80. The highest BCUT2D eigenvalue weighted by Crippen LogP contribution is 2.28. The Morgan fingerprint density at radius 1 is 1.15 bits per heavy atom. The van der Waals surface area contributed by atoms with Crippen LogP contribution in [0.5, 0.6) is 0 Å². The minimum atomic E-state index is 0.281. The van der Waals surface area contributed by atoms with Gasteiger partial charge in [0, 0.05) is 26.2 Å². The third kappa shape index (κ3) is 4.03. The molecule has 0 saturated carbocycles. The van der Waals surface area contributed by atoms with Crippen LogP contribution in [0.1, 0.15) is 50.6 Å². The molecule has 2 rings (SSSR count). The molecule has 0 fully saturated rings. The van der Waals surface area contributed by atoms with Gasteiger partial charge in [0.05, 0.1) is 10.7 Å². The van der Waals surface area contributed by atoms with E-state index in [0.29, 0.717) is 0 Å². The van der Waals surface area contributed by atoms with Crippen molar-refractivity contribution in [2.24, 2.45) is 0 Å². The molecule has 2 aromatic rings. The van der Waals surface area contributed by atoms with E-state index in [4.69, 9.17) is 4.98 Å². The van der Waals surface area contributed by atoms with Gasteiger partial charge in [0.15, 0.2) is 0 Å². The summed E-state index contributed by atoms with van der Waals surface area (Å²) in [4.78, 5) is 4.81. The number of unbranched alkanes of at least 4 members (excludes halogenated alkanes) is 2. The molecule has 0 aliphatic rings. The molecule has 0 aliphatic carbocycles. The molecule has 0 unspecified atom stereocenters. The summed E-state index contributed by atoms with van der Waals surface area (Å²) in [5.41, 5.74) is 3.83. The molecule has 1 heterocycles. The van der Waals surface area contributed by atoms with Gasteiger partial charge < -0.3 is 0 Å². The number of nitrogens with zero attached hydrogens (tertiary/aromatic N) is 1. The topological polar surface area (TPSA) is 12.9 Å². The summed E-state index contributed by atoms with van der Waals surface area (Å²) >= 11 is 1.80. The van der Waals surface area contributed by atoms with E-state index in [-0.39, 0.29) is 5.04 Å². The fourth-order valence-corrected chi connectivity index (χ4v) is 3.55. The predicted octanol–water partition coefficient (Wildman–Crippen LogP) is 4.14. The first kappa shape index (κ1) is 15.5.